The van der Waals surface area contributed by atoms with Crippen LogP contribution in [0.25, 0.3) is 0 Å². The van der Waals surface area contributed by atoms with Gasteiger partial charge in [0.2, 0.25) is 5.88 Å². The fourth-order valence-electron chi connectivity index (χ4n) is 1.08. The van der Waals surface area contributed by atoms with Crippen molar-refractivity contribution in [2.24, 2.45) is 0 Å². The molecule has 0 atom stereocenters. The second-order valence-electron chi connectivity index (χ2n) is 3.18. The molecule has 6 heteroatoms. The minimum Gasteiger partial charge on any atom is -0.478 e. The second kappa shape index (κ2) is 5.58. The Morgan fingerprint density at radius 1 is 1.38 bits per heavy atom. The minimum atomic E-state index is -4.12. The van der Waals surface area contributed by atoms with Crippen molar-refractivity contribution >= 4 is 5.82 Å². The Hall–Kier alpha value is -1.46. The number of hydrogen-bond acceptors (Lipinski definition) is 3. The Kier molecular flexibility index (Phi) is 4.39. The molecule has 0 spiro atoms. The van der Waals surface area contributed by atoms with Gasteiger partial charge in [0.05, 0.1) is 6.61 Å². The van der Waals surface area contributed by atoms with Crippen molar-refractivity contribution in [2.45, 2.75) is 19.0 Å². The number of rotatable bonds is 5. The van der Waals surface area contributed by atoms with E-state index in [0.717, 1.165) is 0 Å². The highest BCUT2D eigenvalue weighted by Gasteiger charge is 2.26. The molecule has 90 valence electrons. The molecule has 0 aliphatic carbocycles. The lowest BCUT2D eigenvalue weighted by molar-refractivity contribution is -0.136. The largest absolute Gasteiger partial charge is 0.478 e. The van der Waals surface area contributed by atoms with Gasteiger partial charge in [-0.2, -0.15) is 18.2 Å². The van der Waals surface area contributed by atoms with Crippen molar-refractivity contribution in [3.63, 3.8) is 0 Å². The normalized spacial score (nSPS) is 11.2. The molecule has 1 N–H and O–H groups in total. The van der Waals surface area contributed by atoms with Crippen LogP contribution in [0.3, 0.4) is 0 Å². The van der Waals surface area contributed by atoms with Crippen molar-refractivity contribution in [1.29, 1.82) is 0 Å². The minimum absolute atomic E-state index is 0.0136. The molecule has 0 saturated carbocycles. The molecule has 0 amide bonds. The number of aromatic nitrogens is 1. The Bertz CT molecular complexity index is 328. The summed E-state index contributed by atoms with van der Waals surface area (Å²) in [7, 11) is 1.70. The monoisotopic (exact) mass is 234 g/mol. The number of anilines is 1. The maximum Gasteiger partial charge on any atom is 0.389 e. The van der Waals surface area contributed by atoms with Crippen molar-refractivity contribution in [3.8, 4) is 5.88 Å². The molecule has 0 saturated heterocycles. The number of nitrogens with zero attached hydrogens (tertiary/aromatic N) is 1. The third-order valence-electron chi connectivity index (χ3n) is 1.83. The first-order valence-electron chi connectivity index (χ1n) is 4.85. The lowest BCUT2D eigenvalue weighted by Gasteiger charge is -2.08. The fourth-order valence-corrected chi connectivity index (χ4v) is 1.08. The van der Waals surface area contributed by atoms with Crippen LogP contribution in [0.4, 0.5) is 19.0 Å². The summed E-state index contributed by atoms with van der Waals surface area (Å²) in [6.07, 6.45) is -5.02. The lowest BCUT2D eigenvalue weighted by Crippen LogP contribution is -2.10. The number of nitrogens with one attached hydrogen (secondary N) is 1. The summed E-state index contributed by atoms with van der Waals surface area (Å²) in [5.74, 6) is 0.947. The molecule has 1 heterocycles. The molecule has 0 fully saturated rings. The van der Waals surface area contributed by atoms with Crippen LogP contribution in [0.2, 0.25) is 0 Å². The zero-order valence-corrected chi connectivity index (χ0v) is 8.84. The van der Waals surface area contributed by atoms with E-state index in [9.17, 15) is 13.2 Å². The third-order valence-corrected chi connectivity index (χ3v) is 1.83. The summed E-state index contributed by atoms with van der Waals surface area (Å²) >= 11 is 0. The predicted molar refractivity (Wildman–Crippen MR) is 54.6 cm³/mol. The van der Waals surface area contributed by atoms with Gasteiger partial charge in [0.1, 0.15) is 5.82 Å². The summed E-state index contributed by atoms with van der Waals surface area (Å²) in [4.78, 5) is 4.01. The topological polar surface area (TPSA) is 34.1 Å². The summed E-state index contributed by atoms with van der Waals surface area (Å²) in [6, 6.07) is 5.06. The van der Waals surface area contributed by atoms with Gasteiger partial charge < -0.3 is 10.1 Å². The van der Waals surface area contributed by atoms with E-state index in [1.54, 1.807) is 25.2 Å². The number of ether oxygens (including phenoxy) is 1. The summed E-state index contributed by atoms with van der Waals surface area (Å²) < 4.78 is 40.5. The Morgan fingerprint density at radius 2 is 2.12 bits per heavy atom. The number of alkyl halides is 3. The van der Waals surface area contributed by atoms with Crippen LogP contribution in [-0.2, 0) is 0 Å². The molecule has 0 aliphatic heterocycles. The smallest absolute Gasteiger partial charge is 0.389 e. The molecule has 0 unspecified atom stereocenters. The zero-order valence-electron chi connectivity index (χ0n) is 8.84. The first-order valence-corrected chi connectivity index (χ1v) is 4.85. The highest BCUT2D eigenvalue weighted by Crippen LogP contribution is 2.21. The molecular weight excluding hydrogens is 221 g/mol. The van der Waals surface area contributed by atoms with Crippen molar-refractivity contribution in [1.82, 2.24) is 4.98 Å². The van der Waals surface area contributed by atoms with Gasteiger partial charge in [-0.1, -0.05) is 6.07 Å². The van der Waals surface area contributed by atoms with E-state index in [2.05, 4.69) is 10.3 Å². The molecule has 16 heavy (non-hydrogen) atoms. The number of hydrogen-bond donors (Lipinski definition) is 1. The van der Waals surface area contributed by atoms with Crippen molar-refractivity contribution in [3.05, 3.63) is 18.2 Å². The molecular formula is C10H13F3N2O. The standard InChI is InChI=1S/C10H13F3N2O/c1-14-8-4-2-5-9(15-8)16-7-3-6-10(11,12)13/h2,4-5H,3,6-7H2,1H3,(H,14,15). The maximum absolute atomic E-state index is 11.8. The van der Waals surface area contributed by atoms with Crippen LogP contribution >= 0.6 is 0 Å². The SMILES string of the molecule is CNc1cccc(OCCCC(F)(F)F)n1. The van der Waals surface area contributed by atoms with E-state index in [-0.39, 0.29) is 13.0 Å². The first-order chi connectivity index (χ1) is 7.51. The van der Waals surface area contributed by atoms with Crippen LogP contribution < -0.4 is 10.1 Å². The van der Waals surface area contributed by atoms with Gasteiger partial charge in [0.15, 0.2) is 0 Å². The van der Waals surface area contributed by atoms with Gasteiger partial charge >= 0.3 is 6.18 Å². The highest BCUT2D eigenvalue weighted by molar-refractivity contribution is 5.35. The van der Waals surface area contributed by atoms with E-state index < -0.39 is 12.6 Å². The Labute approximate surface area is 91.6 Å². The van der Waals surface area contributed by atoms with Crippen LogP contribution in [0.1, 0.15) is 12.8 Å². The quantitative estimate of drug-likeness (QED) is 0.795. The fraction of sp³-hybridized carbons (Fsp3) is 0.500. The van der Waals surface area contributed by atoms with Crippen LogP contribution in [0.5, 0.6) is 5.88 Å². The maximum atomic E-state index is 11.8. The van der Waals surface area contributed by atoms with Crippen LogP contribution in [-0.4, -0.2) is 24.8 Å². The van der Waals surface area contributed by atoms with Gasteiger partial charge in [-0.15, -0.1) is 0 Å². The summed E-state index contributed by atoms with van der Waals surface area (Å²) in [5, 5.41) is 2.81. The van der Waals surface area contributed by atoms with Gasteiger partial charge in [-0.05, 0) is 12.5 Å². The zero-order chi connectivity index (χ0) is 12.0. The molecule has 0 radical (unpaired) electrons. The van der Waals surface area contributed by atoms with Crippen molar-refractivity contribution in [2.75, 3.05) is 19.0 Å². The lowest BCUT2D eigenvalue weighted by atomic mass is 10.3. The average Bonchev–Trinajstić information content (AvgIpc) is 2.23. The first kappa shape index (κ1) is 12.6. The van der Waals surface area contributed by atoms with Crippen molar-refractivity contribution < 1.29 is 17.9 Å². The number of halogens is 3. The van der Waals surface area contributed by atoms with E-state index in [4.69, 9.17) is 4.74 Å². The van der Waals surface area contributed by atoms with E-state index in [0.29, 0.717) is 11.7 Å². The Balaban J connectivity index is 2.32. The molecule has 1 aromatic heterocycles. The van der Waals surface area contributed by atoms with Gasteiger partial charge in [0, 0.05) is 19.5 Å². The molecule has 0 bridgehead atoms. The third kappa shape index (κ3) is 4.86. The summed E-state index contributed by atoms with van der Waals surface area (Å²) in [6.45, 7) is 0.0136. The van der Waals surface area contributed by atoms with Gasteiger partial charge in [-0.25, -0.2) is 0 Å². The average molecular weight is 234 g/mol. The van der Waals surface area contributed by atoms with E-state index in [1.807, 2.05) is 0 Å². The van der Waals surface area contributed by atoms with E-state index in [1.165, 1.54) is 0 Å². The molecule has 1 aromatic rings. The number of pyridine rings is 1. The predicted octanol–water partition coefficient (Wildman–Crippen LogP) is 2.84. The van der Waals surface area contributed by atoms with E-state index >= 15 is 0 Å². The van der Waals surface area contributed by atoms with Gasteiger partial charge in [-0.3, -0.25) is 0 Å². The Morgan fingerprint density at radius 3 is 2.75 bits per heavy atom. The van der Waals surface area contributed by atoms with Crippen LogP contribution in [0.15, 0.2) is 18.2 Å². The van der Waals surface area contributed by atoms with Crippen LogP contribution in [0, 0.1) is 0 Å². The molecule has 0 aromatic carbocycles. The molecule has 0 aliphatic rings. The van der Waals surface area contributed by atoms with Gasteiger partial charge in [0.25, 0.3) is 0 Å². The second-order valence-corrected chi connectivity index (χ2v) is 3.18. The highest BCUT2D eigenvalue weighted by atomic mass is 19.4. The molecule has 3 nitrogen and oxygen atoms in total. The summed E-state index contributed by atoms with van der Waals surface area (Å²) in [5.41, 5.74) is 0. The molecule has 1 rings (SSSR count).